The number of anilines is 1. The van der Waals surface area contributed by atoms with Gasteiger partial charge in [-0.15, -0.1) is 0 Å². The number of hydrogen-bond donors (Lipinski definition) is 1. The number of carbonyl (C=O) groups excluding carboxylic acids is 1. The van der Waals surface area contributed by atoms with Crippen LogP contribution in [0.1, 0.15) is 43.5 Å². The predicted molar refractivity (Wildman–Crippen MR) is 77.2 cm³/mol. The number of nitrogen functional groups attached to an aromatic ring is 1. The van der Waals surface area contributed by atoms with E-state index < -0.39 is 0 Å². The van der Waals surface area contributed by atoms with Gasteiger partial charge >= 0.3 is 0 Å². The first-order chi connectivity index (χ1) is 8.97. The molecule has 2 N–H and O–H groups in total. The van der Waals surface area contributed by atoms with Crippen molar-refractivity contribution >= 4 is 23.3 Å². The fraction of sp³-hybridized carbons (Fsp3) is 0.571. The number of rotatable bonds is 5. The number of nitrogens with two attached hydrogens (primary N) is 1. The minimum atomic E-state index is 0.0131. The van der Waals surface area contributed by atoms with E-state index in [-0.39, 0.29) is 16.9 Å². The molecule has 0 atom stereocenters. The molecule has 1 heterocycles. The molecule has 5 heteroatoms. The summed E-state index contributed by atoms with van der Waals surface area (Å²) in [5, 5.41) is 0.267. The Hall–Kier alpha value is -1.29. The summed E-state index contributed by atoms with van der Waals surface area (Å²) in [5.74, 6) is 0.884. The first-order valence-electron chi connectivity index (χ1n) is 6.71. The number of carbonyl (C=O) groups is 1. The van der Waals surface area contributed by atoms with E-state index in [0.29, 0.717) is 17.5 Å². The molecule has 0 spiro atoms. The van der Waals surface area contributed by atoms with Gasteiger partial charge in [0.05, 0.1) is 0 Å². The highest BCUT2D eigenvalue weighted by Crippen LogP contribution is 2.29. The van der Waals surface area contributed by atoms with Crippen molar-refractivity contribution in [3.63, 3.8) is 0 Å². The third kappa shape index (κ3) is 3.83. The molecular weight excluding hydrogens is 262 g/mol. The summed E-state index contributed by atoms with van der Waals surface area (Å²) >= 11 is 5.86. The van der Waals surface area contributed by atoms with Crippen molar-refractivity contribution in [3.8, 4) is 0 Å². The van der Waals surface area contributed by atoms with Crippen LogP contribution in [-0.4, -0.2) is 28.4 Å². The van der Waals surface area contributed by atoms with Crippen molar-refractivity contribution in [3.05, 3.63) is 22.8 Å². The molecule has 0 radical (unpaired) electrons. The SMILES string of the molecule is CC(C)CCN(C(=O)c1cc(N)nc(Cl)c1)C1CC1. The molecule has 19 heavy (non-hydrogen) atoms. The summed E-state index contributed by atoms with van der Waals surface area (Å²) in [6.07, 6.45) is 3.20. The molecule has 1 saturated carbocycles. The molecule has 1 amide bonds. The van der Waals surface area contributed by atoms with Crippen molar-refractivity contribution in [2.24, 2.45) is 5.92 Å². The predicted octanol–water partition coefficient (Wildman–Crippen LogP) is 2.97. The van der Waals surface area contributed by atoms with Crippen molar-refractivity contribution in [2.75, 3.05) is 12.3 Å². The molecule has 2 rings (SSSR count). The van der Waals surface area contributed by atoms with E-state index in [0.717, 1.165) is 25.8 Å². The Morgan fingerprint density at radius 2 is 2.21 bits per heavy atom. The van der Waals surface area contributed by atoms with Crippen molar-refractivity contribution in [1.82, 2.24) is 9.88 Å². The minimum Gasteiger partial charge on any atom is -0.384 e. The highest BCUT2D eigenvalue weighted by Gasteiger charge is 2.33. The normalized spacial score (nSPS) is 14.7. The molecule has 1 aromatic heterocycles. The van der Waals surface area contributed by atoms with Crippen LogP contribution in [0.2, 0.25) is 5.15 Å². The fourth-order valence-electron chi connectivity index (χ4n) is 2.04. The molecule has 0 aliphatic heterocycles. The molecule has 0 unspecified atom stereocenters. The average Bonchev–Trinajstić information content (AvgIpc) is 3.11. The average molecular weight is 282 g/mol. The van der Waals surface area contributed by atoms with Gasteiger partial charge in [-0.1, -0.05) is 25.4 Å². The second kappa shape index (κ2) is 5.78. The van der Waals surface area contributed by atoms with Crippen LogP contribution in [0.5, 0.6) is 0 Å². The summed E-state index contributed by atoms with van der Waals surface area (Å²) in [5.41, 5.74) is 6.18. The quantitative estimate of drug-likeness (QED) is 0.844. The van der Waals surface area contributed by atoms with E-state index in [1.807, 2.05) is 4.90 Å². The second-order valence-electron chi connectivity index (χ2n) is 5.52. The number of amides is 1. The van der Waals surface area contributed by atoms with Gasteiger partial charge in [-0.05, 0) is 37.3 Å². The van der Waals surface area contributed by atoms with E-state index >= 15 is 0 Å². The maximum absolute atomic E-state index is 12.5. The topological polar surface area (TPSA) is 59.2 Å². The number of pyridine rings is 1. The molecule has 1 aromatic rings. The standard InChI is InChI=1S/C14H20ClN3O/c1-9(2)5-6-18(11-3-4-11)14(19)10-7-12(15)17-13(16)8-10/h7-9,11H,3-6H2,1-2H3,(H2,16,17). The van der Waals surface area contributed by atoms with E-state index in [9.17, 15) is 4.79 Å². The first-order valence-corrected chi connectivity index (χ1v) is 7.09. The Morgan fingerprint density at radius 3 is 2.74 bits per heavy atom. The third-order valence-electron chi connectivity index (χ3n) is 3.26. The van der Waals surface area contributed by atoms with Gasteiger partial charge < -0.3 is 10.6 Å². The lowest BCUT2D eigenvalue weighted by Crippen LogP contribution is -2.34. The summed E-state index contributed by atoms with van der Waals surface area (Å²) in [7, 11) is 0. The molecule has 104 valence electrons. The van der Waals surface area contributed by atoms with E-state index in [4.69, 9.17) is 17.3 Å². The molecule has 4 nitrogen and oxygen atoms in total. The largest absolute Gasteiger partial charge is 0.384 e. The molecule has 1 fully saturated rings. The third-order valence-corrected chi connectivity index (χ3v) is 3.45. The number of aromatic nitrogens is 1. The van der Waals surface area contributed by atoms with Gasteiger partial charge in [-0.2, -0.15) is 0 Å². The van der Waals surface area contributed by atoms with Crippen LogP contribution in [0.25, 0.3) is 0 Å². The number of halogens is 1. The maximum Gasteiger partial charge on any atom is 0.254 e. The Morgan fingerprint density at radius 1 is 1.53 bits per heavy atom. The van der Waals surface area contributed by atoms with E-state index in [1.54, 1.807) is 12.1 Å². The highest BCUT2D eigenvalue weighted by atomic mass is 35.5. The smallest absolute Gasteiger partial charge is 0.254 e. The van der Waals surface area contributed by atoms with Gasteiger partial charge in [0, 0.05) is 18.2 Å². The first kappa shape index (κ1) is 14.1. The minimum absolute atomic E-state index is 0.0131. The van der Waals surface area contributed by atoms with Crippen LogP contribution in [0, 0.1) is 5.92 Å². The van der Waals surface area contributed by atoms with Crippen molar-refractivity contribution in [2.45, 2.75) is 39.2 Å². The van der Waals surface area contributed by atoms with Gasteiger partial charge in [-0.25, -0.2) is 4.98 Å². The van der Waals surface area contributed by atoms with Gasteiger partial charge in [-0.3, -0.25) is 4.79 Å². The lowest BCUT2D eigenvalue weighted by molar-refractivity contribution is 0.0735. The Labute approximate surface area is 118 Å². The summed E-state index contributed by atoms with van der Waals surface area (Å²) < 4.78 is 0. The number of nitrogens with zero attached hydrogens (tertiary/aromatic N) is 2. The van der Waals surface area contributed by atoms with Crippen molar-refractivity contribution in [1.29, 1.82) is 0 Å². The zero-order valence-corrected chi connectivity index (χ0v) is 12.2. The van der Waals surface area contributed by atoms with Gasteiger partial charge in [0.25, 0.3) is 5.91 Å². The summed E-state index contributed by atoms with van der Waals surface area (Å²) in [6, 6.07) is 3.57. The number of hydrogen-bond acceptors (Lipinski definition) is 3. The van der Waals surface area contributed by atoms with E-state index in [1.165, 1.54) is 0 Å². The van der Waals surface area contributed by atoms with Crippen LogP contribution in [-0.2, 0) is 0 Å². The fourth-order valence-corrected chi connectivity index (χ4v) is 2.26. The zero-order chi connectivity index (χ0) is 14.0. The molecule has 0 bridgehead atoms. The van der Waals surface area contributed by atoms with Crippen LogP contribution < -0.4 is 5.73 Å². The Bertz CT molecular complexity index is 452. The van der Waals surface area contributed by atoms with Crippen LogP contribution in [0.15, 0.2) is 12.1 Å². The monoisotopic (exact) mass is 281 g/mol. The van der Waals surface area contributed by atoms with Crippen LogP contribution in [0.4, 0.5) is 5.82 Å². The van der Waals surface area contributed by atoms with Crippen LogP contribution in [0.3, 0.4) is 0 Å². The van der Waals surface area contributed by atoms with Crippen LogP contribution >= 0.6 is 11.6 Å². The Kier molecular flexibility index (Phi) is 4.30. The molecule has 1 aliphatic carbocycles. The lowest BCUT2D eigenvalue weighted by atomic mass is 10.1. The Balaban J connectivity index is 2.14. The second-order valence-corrected chi connectivity index (χ2v) is 5.90. The van der Waals surface area contributed by atoms with Gasteiger partial charge in [0.1, 0.15) is 11.0 Å². The molecule has 0 aromatic carbocycles. The molecular formula is C14H20ClN3O. The van der Waals surface area contributed by atoms with Crippen molar-refractivity contribution < 1.29 is 4.79 Å². The van der Waals surface area contributed by atoms with Gasteiger partial charge in [0.2, 0.25) is 0 Å². The van der Waals surface area contributed by atoms with Gasteiger partial charge in [0.15, 0.2) is 0 Å². The zero-order valence-electron chi connectivity index (χ0n) is 11.4. The summed E-state index contributed by atoms with van der Waals surface area (Å²) in [6.45, 7) is 5.12. The molecule has 1 aliphatic rings. The van der Waals surface area contributed by atoms with E-state index in [2.05, 4.69) is 18.8 Å². The maximum atomic E-state index is 12.5. The summed E-state index contributed by atoms with van der Waals surface area (Å²) in [4.78, 5) is 18.4. The highest BCUT2D eigenvalue weighted by molar-refractivity contribution is 6.29. The lowest BCUT2D eigenvalue weighted by Gasteiger charge is -2.23. The molecule has 0 saturated heterocycles.